The topological polar surface area (TPSA) is 32.3 Å². The van der Waals surface area contributed by atoms with Gasteiger partial charge in [-0.1, -0.05) is 0 Å². The third kappa shape index (κ3) is 0.798. The number of piperidine rings is 2. The van der Waals surface area contributed by atoms with Crippen molar-refractivity contribution < 1.29 is 5.11 Å². The standard InChI is InChI=1S/C9H15NO/c11-9-6-1-5-2-7(4-6)10-8(9)3-5/h5-11H,1-4H2/t5-,6-,7-,8-,9+/m0/s1. The van der Waals surface area contributed by atoms with E-state index in [2.05, 4.69) is 5.32 Å². The van der Waals surface area contributed by atoms with E-state index in [9.17, 15) is 5.11 Å². The molecule has 11 heavy (non-hydrogen) atoms. The first-order chi connectivity index (χ1) is 5.33. The minimum absolute atomic E-state index is 0.0252. The first-order valence-corrected chi connectivity index (χ1v) is 4.77. The molecule has 0 amide bonds. The Morgan fingerprint density at radius 1 is 1.09 bits per heavy atom. The molecule has 0 radical (unpaired) electrons. The fourth-order valence-electron chi connectivity index (χ4n) is 3.39. The van der Waals surface area contributed by atoms with E-state index in [1.165, 1.54) is 25.7 Å². The number of hydrogen-bond acceptors (Lipinski definition) is 2. The van der Waals surface area contributed by atoms with Crippen molar-refractivity contribution in [3.8, 4) is 0 Å². The number of hydrogen-bond donors (Lipinski definition) is 2. The van der Waals surface area contributed by atoms with Crippen LogP contribution in [-0.4, -0.2) is 23.3 Å². The van der Waals surface area contributed by atoms with Crippen molar-refractivity contribution in [3.05, 3.63) is 0 Å². The molecule has 62 valence electrons. The van der Waals surface area contributed by atoms with Crippen molar-refractivity contribution in [3.63, 3.8) is 0 Å². The Hall–Kier alpha value is -0.0800. The molecule has 2 heterocycles. The molecule has 2 aliphatic heterocycles. The average Bonchev–Trinajstić information content (AvgIpc) is 1.98. The van der Waals surface area contributed by atoms with Crippen molar-refractivity contribution in [1.82, 2.24) is 5.32 Å². The van der Waals surface area contributed by atoms with Gasteiger partial charge in [0.2, 0.25) is 0 Å². The van der Waals surface area contributed by atoms with E-state index in [1.54, 1.807) is 0 Å². The van der Waals surface area contributed by atoms with Crippen LogP contribution in [0, 0.1) is 11.8 Å². The number of rotatable bonds is 0. The van der Waals surface area contributed by atoms with Gasteiger partial charge in [0, 0.05) is 12.1 Å². The third-order valence-corrected chi connectivity index (χ3v) is 3.77. The van der Waals surface area contributed by atoms with E-state index < -0.39 is 0 Å². The summed E-state index contributed by atoms with van der Waals surface area (Å²) in [4.78, 5) is 0. The second-order valence-electron chi connectivity index (χ2n) is 4.53. The molecule has 2 heteroatoms. The summed E-state index contributed by atoms with van der Waals surface area (Å²) in [7, 11) is 0. The predicted molar refractivity (Wildman–Crippen MR) is 42.2 cm³/mol. The molecular formula is C9H15NO. The van der Waals surface area contributed by atoms with E-state index in [0.717, 1.165) is 12.0 Å². The second-order valence-corrected chi connectivity index (χ2v) is 4.53. The van der Waals surface area contributed by atoms with Gasteiger partial charge in [-0.25, -0.2) is 0 Å². The summed E-state index contributed by atoms with van der Waals surface area (Å²) in [5, 5.41) is 13.3. The van der Waals surface area contributed by atoms with E-state index in [4.69, 9.17) is 0 Å². The maximum atomic E-state index is 9.76. The van der Waals surface area contributed by atoms with Crippen molar-refractivity contribution in [2.24, 2.45) is 11.8 Å². The molecule has 4 fully saturated rings. The average molecular weight is 153 g/mol. The minimum Gasteiger partial charge on any atom is -0.391 e. The highest BCUT2D eigenvalue weighted by Crippen LogP contribution is 2.44. The number of aliphatic hydroxyl groups is 1. The smallest absolute Gasteiger partial charge is 0.0722 e. The SMILES string of the molecule is O[C@@H]1[C@H]2C[C@H]3C[C@@H](C2)N[C@H]1C3. The monoisotopic (exact) mass is 153 g/mol. The van der Waals surface area contributed by atoms with Crippen LogP contribution in [0.3, 0.4) is 0 Å². The van der Waals surface area contributed by atoms with E-state index in [-0.39, 0.29) is 6.10 Å². The summed E-state index contributed by atoms with van der Waals surface area (Å²) in [5.74, 6) is 1.58. The fourth-order valence-corrected chi connectivity index (χ4v) is 3.39. The van der Waals surface area contributed by atoms with Gasteiger partial charge in [-0.3, -0.25) is 0 Å². The maximum Gasteiger partial charge on any atom is 0.0722 e. The zero-order valence-corrected chi connectivity index (χ0v) is 6.66. The van der Waals surface area contributed by atoms with Crippen molar-refractivity contribution in [2.75, 3.05) is 0 Å². The summed E-state index contributed by atoms with van der Waals surface area (Å²) >= 11 is 0. The highest BCUT2D eigenvalue weighted by Gasteiger charge is 2.47. The Labute approximate surface area is 67.0 Å². The largest absolute Gasteiger partial charge is 0.391 e. The Morgan fingerprint density at radius 2 is 2.00 bits per heavy atom. The quantitative estimate of drug-likeness (QED) is 0.531. The normalized spacial score (nSPS) is 60.3. The van der Waals surface area contributed by atoms with Gasteiger partial charge < -0.3 is 10.4 Å². The van der Waals surface area contributed by atoms with Crippen LogP contribution in [-0.2, 0) is 0 Å². The van der Waals surface area contributed by atoms with Gasteiger partial charge in [0.25, 0.3) is 0 Å². The number of aliphatic hydroxyl groups excluding tert-OH is 1. The zero-order valence-electron chi connectivity index (χ0n) is 6.66. The van der Waals surface area contributed by atoms with Gasteiger partial charge >= 0.3 is 0 Å². The van der Waals surface area contributed by atoms with Crippen LogP contribution in [0.2, 0.25) is 0 Å². The van der Waals surface area contributed by atoms with Crippen LogP contribution in [0.4, 0.5) is 0 Å². The van der Waals surface area contributed by atoms with Gasteiger partial charge in [-0.2, -0.15) is 0 Å². The minimum atomic E-state index is -0.0252. The van der Waals surface area contributed by atoms with Crippen LogP contribution in [0.1, 0.15) is 25.7 Å². The van der Waals surface area contributed by atoms with Crippen molar-refractivity contribution in [1.29, 1.82) is 0 Å². The van der Waals surface area contributed by atoms with Crippen molar-refractivity contribution >= 4 is 0 Å². The highest BCUT2D eigenvalue weighted by molar-refractivity contribution is 5.03. The second kappa shape index (κ2) is 1.99. The fraction of sp³-hybridized carbons (Fsp3) is 1.00. The Kier molecular flexibility index (Phi) is 1.16. The summed E-state index contributed by atoms with van der Waals surface area (Å²) < 4.78 is 0. The summed E-state index contributed by atoms with van der Waals surface area (Å²) in [6, 6.07) is 1.20. The molecule has 0 aromatic heterocycles. The van der Waals surface area contributed by atoms with E-state index >= 15 is 0 Å². The summed E-state index contributed by atoms with van der Waals surface area (Å²) in [6.07, 6.45) is 5.11. The summed E-state index contributed by atoms with van der Waals surface area (Å²) in [5.41, 5.74) is 0. The molecule has 2 N–H and O–H groups in total. The lowest BCUT2D eigenvalue weighted by atomic mass is 9.63. The molecule has 4 aliphatic rings. The molecule has 2 saturated carbocycles. The third-order valence-electron chi connectivity index (χ3n) is 3.77. The maximum absolute atomic E-state index is 9.76. The molecule has 0 aromatic rings. The van der Waals surface area contributed by atoms with Gasteiger partial charge in [0.15, 0.2) is 0 Å². The van der Waals surface area contributed by atoms with Crippen molar-refractivity contribution in [2.45, 2.75) is 43.9 Å². The molecule has 0 spiro atoms. The first kappa shape index (κ1) is 6.44. The van der Waals surface area contributed by atoms with Crippen LogP contribution in [0.5, 0.6) is 0 Å². The molecular weight excluding hydrogens is 138 g/mol. The molecule has 4 bridgehead atoms. The van der Waals surface area contributed by atoms with Crippen LogP contribution in [0.25, 0.3) is 0 Å². The highest BCUT2D eigenvalue weighted by atomic mass is 16.3. The molecule has 5 atom stereocenters. The lowest BCUT2D eigenvalue weighted by molar-refractivity contribution is -0.0592. The molecule has 2 aliphatic carbocycles. The van der Waals surface area contributed by atoms with E-state index in [1.807, 2.05) is 0 Å². The van der Waals surface area contributed by atoms with E-state index in [0.29, 0.717) is 12.0 Å². The predicted octanol–water partition coefficient (Wildman–Crippen LogP) is 0.508. The Morgan fingerprint density at radius 3 is 2.73 bits per heavy atom. The van der Waals surface area contributed by atoms with Crippen LogP contribution >= 0.6 is 0 Å². The zero-order chi connectivity index (χ0) is 7.42. The Balaban J connectivity index is 1.91. The van der Waals surface area contributed by atoms with Gasteiger partial charge in [-0.15, -0.1) is 0 Å². The summed E-state index contributed by atoms with van der Waals surface area (Å²) in [6.45, 7) is 0. The number of nitrogens with one attached hydrogen (secondary N) is 1. The molecule has 2 nitrogen and oxygen atoms in total. The van der Waals surface area contributed by atoms with Gasteiger partial charge in [0.1, 0.15) is 0 Å². The van der Waals surface area contributed by atoms with Gasteiger partial charge in [-0.05, 0) is 37.5 Å². The lowest BCUT2D eigenvalue weighted by Crippen LogP contribution is -2.62. The van der Waals surface area contributed by atoms with Crippen LogP contribution < -0.4 is 5.32 Å². The first-order valence-electron chi connectivity index (χ1n) is 4.77. The van der Waals surface area contributed by atoms with Crippen LogP contribution in [0.15, 0.2) is 0 Å². The molecule has 0 aromatic carbocycles. The Bertz CT molecular complexity index is 152. The molecule has 0 unspecified atom stereocenters. The molecule has 4 rings (SSSR count). The molecule has 2 saturated heterocycles. The lowest BCUT2D eigenvalue weighted by Gasteiger charge is -2.53. The van der Waals surface area contributed by atoms with Gasteiger partial charge in [0.05, 0.1) is 6.10 Å².